The summed E-state index contributed by atoms with van der Waals surface area (Å²) in [5.41, 5.74) is 1.83. The average Bonchev–Trinajstić information content (AvgIpc) is 2.66. The highest BCUT2D eigenvalue weighted by Gasteiger charge is 2.10. The Balaban J connectivity index is 1.80. The quantitative estimate of drug-likeness (QED) is 0.698. The number of aliphatic hydroxyl groups excluding tert-OH is 1. The maximum atomic E-state index is 12.1. The number of pyridine rings is 1. The molecule has 1 aromatic carbocycles. The zero-order valence-corrected chi connectivity index (χ0v) is 15.1. The molecule has 7 heteroatoms. The van der Waals surface area contributed by atoms with Gasteiger partial charge in [-0.15, -0.1) is 0 Å². The molecular formula is C20H20N4O3. The summed E-state index contributed by atoms with van der Waals surface area (Å²) < 4.78 is 5.83. The molecule has 0 radical (unpaired) electrons. The molecule has 2 N–H and O–H groups in total. The maximum Gasteiger partial charge on any atom is 0.251 e. The Bertz CT molecular complexity index is 930. The van der Waals surface area contributed by atoms with E-state index in [-0.39, 0.29) is 12.5 Å². The van der Waals surface area contributed by atoms with Crippen LogP contribution in [0.3, 0.4) is 0 Å². The minimum absolute atomic E-state index is 0.183. The van der Waals surface area contributed by atoms with Gasteiger partial charge in [0.1, 0.15) is 11.4 Å². The topological polar surface area (TPSA) is 97.2 Å². The molecule has 0 aliphatic rings. The SMILES string of the molecule is Cc1cc(Oc2cccc(C(=O)NCC(C)O)c2)nc(-c2ccccn2)n1. The van der Waals surface area contributed by atoms with E-state index in [1.165, 1.54) is 0 Å². The van der Waals surface area contributed by atoms with Crippen molar-refractivity contribution in [3.05, 3.63) is 66.0 Å². The van der Waals surface area contributed by atoms with Crippen LogP contribution in [0.15, 0.2) is 54.7 Å². The second kappa shape index (κ2) is 8.37. The summed E-state index contributed by atoms with van der Waals surface area (Å²) in [6.07, 6.45) is 1.07. The fourth-order valence-electron chi connectivity index (χ4n) is 2.37. The molecule has 0 bridgehead atoms. The molecule has 1 amide bonds. The summed E-state index contributed by atoms with van der Waals surface area (Å²) in [6, 6.07) is 14.0. The van der Waals surface area contributed by atoms with Gasteiger partial charge in [-0.3, -0.25) is 9.78 Å². The summed E-state index contributed by atoms with van der Waals surface area (Å²) in [6.45, 7) is 3.64. The van der Waals surface area contributed by atoms with Crippen molar-refractivity contribution in [3.8, 4) is 23.1 Å². The van der Waals surface area contributed by atoms with Crippen LogP contribution in [0, 0.1) is 6.92 Å². The van der Waals surface area contributed by atoms with Crippen molar-refractivity contribution in [3.63, 3.8) is 0 Å². The smallest absolute Gasteiger partial charge is 0.251 e. The molecule has 3 aromatic rings. The largest absolute Gasteiger partial charge is 0.439 e. The molecule has 138 valence electrons. The first kappa shape index (κ1) is 18.5. The number of carbonyl (C=O) groups is 1. The highest BCUT2D eigenvalue weighted by molar-refractivity contribution is 5.94. The van der Waals surface area contributed by atoms with Gasteiger partial charge < -0.3 is 15.2 Å². The van der Waals surface area contributed by atoms with E-state index < -0.39 is 6.10 Å². The predicted molar refractivity (Wildman–Crippen MR) is 101 cm³/mol. The summed E-state index contributed by atoms with van der Waals surface area (Å²) in [4.78, 5) is 25.2. The molecule has 3 rings (SSSR count). The van der Waals surface area contributed by atoms with E-state index in [0.717, 1.165) is 5.69 Å². The summed E-state index contributed by atoms with van der Waals surface area (Å²) >= 11 is 0. The number of aryl methyl sites for hydroxylation is 1. The van der Waals surface area contributed by atoms with E-state index in [2.05, 4.69) is 20.3 Å². The first-order valence-electron chi connectivity index (χ1n) is 8.52. The average molecular weight is 364 g/mol. The summed E-state index contributed by atoms with van der Waals surface area (Å²) in [5.74, 6) is 1.03. The van der Waals surface area contributed by atoms with Gasteiger partial charge in [-0.25, -0.2) is 4.98 Å². The molecule has 1 unspecified atom stereocenters. The van der Waals surface area contributed by atoms with Gasteiger partial charge >= 0.3 is 0 Å². The number of hydrogen-bond donors (Lipinski definition) is 2. The second-order valence-corrected chi connectivity index (χ2v) is 6.08. The van der Waals surface area contributed by atoms with Gasteiger partial charge in [0.05, 0.1) is 6.10 Å². The van der Waals surface area contributed by atoms with Gasteiger partial charge in [-0.2, -0.15) is 4.98 Å². The van der Waals surface area contributed by atoms with Gasteiger partial charge in [-0.1, -0.05) is 12.1 Å². The van der Waals surface area contributed by atoms with Crippen LogP contribution in [-0.4, -0.2) is 38.6 Å². The van der Waals surface area contributed by atoms with Crippen LogP contribution < -0.4 is 10.1 Å². The van der Waals surface area contributed by atoms with E-state index in [4.69, 9.17) is 4.74 Å². The summed E-state index contributed by atoms with van der Waals surface area (Å²) in [7, 11) is 0. The van der Waals surface area contributed by atoms with E-state index >= 15 is 0 Å². The van der Waals surface area contributed by atoms with Crippen molar-refractivity contribution >= 4 is 5.91 Å². The third-order valence-corrected chi connectivity index (χ3v) is 3.60. The Hall–Kier alpha value is -3.32. The van der Waals surface area contributed by atoms with Crippen molar-refractivity contribution < 1.29 is 14.6 Å². The zero-order chi connectivity index (χ0) is 19.2. The molecule has 0 aliphatic heterocycles. The van der Waals surface area contributed by atoms with Gasteiger partial charge in [0.25, 0.3) is 5.91 Å². The number of amides is 1. The first-order chi connectivity index (χ1) is 13.0. The lowest BCUT2D eigenvalue weighted by Gasteiger charge is -2.10. The Kier molecular flexibility index (Phi) is 5.73. The number of hydrogen-bond acceptors (Lipinski definition) is 6. The Morgan fingerprint density at radius 3 is 2.78 bits per heavy atom. The third kappa shape index (κ3) is 5.08. The number of nitrogens with one attached hydrogen (secondary N) is 1. The molecule has 0 aliphatic carbocycles. The number of rotatable bonds is 6. The van der Waals surface area contributed by atoms with Crippen molar-refractivity contribution in [2.75, 3.05) is 6.54 Å². The summed E-state index contributed by atoms with van der Waals surface area (Å²) in [5, 5.41) is 11.9. The van der Waals surface area contributed by atoms with E-state index in [0.29, 0.717) is 28.7 Å². The third-order valence-electron chi connectivity index (χ3n) is 3.60. The van der Waals surface area contributed by atoms with Gasteiger partial charge in [0, 0.05) is 30.1 Å². The van der Waals surface area contributed by atoms with Crippen LogP contribution in [-0.2, 0) is 0 Å². The number of benzene rings is 1. The standard InChI is InChI=1S/C20H20N4O3/c1-13-10-18(24-19(23-13)17-8-3-4-9-21-17)27-16-7-5-6-15(11-16)20(26)22-12-14(2)25/h3-11,14,25H,12H2,1-2H3,(H,22,26). The first-order valence-corrected chi connectivity index (χ1v) is 8.52. The Morgan fingerprint density at radius 2 is 2.04 bits per heavy atom. The molecule has 0 saturated carbocycles. The minimum atomic E-state index is -0.609. The molecule has 0 fully saturated rings. The van der Waals surface area contributed by atoms with Crippen LogP contribution in [0.25, 0.3) is 11.5 Å². The molecule has 27 heavy (non-hydrogen) atoms. The monoisotopic (exact) mass is 364 g/mol. The highest BCUT2D eigenvalue weighted by atomic mass is 16.5. The molecule has 0 spiro atoms. The molecule has 2 aromatic heterocycles. The minimum Gasteiger partial charge on any atom is -0.439 e. The van der Waals surface area contributed by atoms with Crippen molar-refractivity contribution in [1.82, 2.24) is 20.3 Å². The van der Waals surface area contributed by atoms with Crippen LogP contribution in [0.2, 0.25) is 0 Å². The molecule has 1 atom stereocenters. The molecular weight excluding hydrogens is 344 g/mol. The molecule has 0 saturated heterocycles. The van der Waals surface area contributed by atoms with Crippen LogP contribution in [0.5, 0.6) is 11.6 Å². The highest BCUT2D eigenvalue weighted by Crippen LogP contribution is 2.23. The Labute approximate surface area is 157 Å². The van der Waals surface area contributed by atoms with E-state index in [9.17, 15) is 9.90 Å². The fourth-order valence-corrected chi connectivity index (χ4v) is 2.37. The van der Waals surface area contributed by atoms with Gasteiger partial charge in [0.15, 0.2) is 5.82 Å². The zero-order valence-electron chi connectivity index (χ0n) is 15.1. The van der Waals surface area contributed by atoms with Crippen molar-refractivity contribution in [2.24, 2.45) is 0 Å². The van der Waals surface area contributed by atoms with E-state index in [1.807, 2.05) is 25.1 Å². The normalized spacial score (nSPS) is 11.7. The van der Waals surface area contributed by atoms with Crippen LogP contribution in [0.4, 0.5) is 0 Å². The van der Waals surface area contributed by atoms with E-state index in [1.54, 1.807) is 43.5 Å². The van der Waals surface area contributed by atoms with Crippen LogP contribution >= 0.6 is 0 Å². The predicted octanol–water partition coefficient (Wildman–Crippen LogP) is 2.75. The van der Waals surface area contributed by atoms with Crippen molar-refractivity contribution in [1.29, 1.82) is 0 Å². The fraction of sp³-hybridized carbons (Fsp3) is 0.200. The molecule has 2 heterocycles. The number of nitrogens with zero attached hydrogens (tertiary/aromatic N) is 3. The van der Waals surface area contributed by atoms with Gasteiger partial charge in [0.2, 0.25) is 5.88 Å². The lowest BCUT2D eigenvalue weighted by atomic mass is 10.2. The number of aromatic nitrogens is 3. The molecule has 7 nitrogen and oxygen atoms in total. The number of carbonyl (C=O) groups excluding carboxylic acids is 1. The second-order valence-electron chi connectivity index (χ2n) is 6.08. The van der Waals surface area contributed by atoms with Crippen LogP contribution in [0.1, 0.15) is 23.0 Å². The number of aliphatic hydroxyl groups is 1. The Morgan fingerprint density at radius 1 is 1.19 bits per heavy atom. The lowest BCUT2D eigenvalue weighted by Crippen LogP contribution is -2.30. The lowest BCUT2D eigenvalue weighted by molar-refractivity contribution is 0.0923. The number of ether oxygens (including phenoxy) is 1. The van der Waals surface area contributed by atoms with Crippen molar-refractivity contribution in [2.45, 2.75) is 20.0 Å². The van der Waals surface area contributed by atoms with Gasteiger partial charge in [-0.05, 0) is 44.2 Å². The maximum absolute atomic E-state index is 12.1.